The summed E-state index contributed by atoms with van der Waals surface area (Å²) in [7, 11) is 0. The van der Waals surface area contributed by atoms with E-state index < -0.39 is 28.7 Å². The lowest BCUT2D eigenvalue weighted by atomic mass is 10.0. The third-order valence-electron chi connectivity index (χ3n) is 4.83. The van der Waals surface area contributed by atoms with Crippen molar-refractivity contribution in [2.75, 3.05) is 5.32 Å². The largest absolute Gasteiger partial charge is 0.416 e. The maximum atomic E-state index is 13.2. The number of amides is 1. The van der Waals surface area contributed by atoms with Crippen LogP contribution < -0.4 is 10.9 Å². The molecule has 1 heterocycles. The molecule has 0 saturated carbocycles. The van der Waals surface area contributed by atoms with Crippen LogP contribution >= 0.6 is 0 Å². The minimum absolute atomic E-state index is 0.0145. The monoisotopic (exact) mass is 415 g/mol. The fraction of sp³-hybridized carbons (Fsp3) is 0.227. The summed E-state index contributed by atoms with van der Waals surface area (Å²) in [4.78, 5) is 30.3. The highest BCUT2D eigenvalue weighted by Gasteiger charge is 2.34. The smallest absolute Gasteiger partial charge is 0.324 e. The van der Waals surface area contributed by atoms with Gasteiger partial charge in [-0.1, -0.05) is 36.4 Å². The van der Waals surface area contributed by atoms with Crippen LogP contribution in [0.15, 0.2) is 65.7 Å². The molecular weight excluding hydrogens is 395 g/mol. The van der Waals surface area contributed by atoms with Crippen LogP contribution in [0.3, 0.4) is 0 Å². The van der Waals surface area contributed by atoms with Gasteiger partial charge in [-0.05, 0) is 44.5 Å². The highest BCUT2D eigenvalue weighted by atomic mass is 19.4. The predicted molar refractivity (Wildman–Crippen MR) is 108 cm³/mol. The topological polar surface area (TPSA) is 64.0 Å². The fourth-order valence-corrected chi connectivity index (χ4v) is 3.04. The van der Waals surface area contributed by atoms with Gasteiger partial charge in [0.2, 0.25) is 5.91 Å². The van der Waals surface area contributed by atoms with Gasteiger partial charge in [0.25, 0.3) is 5.56 Å². The minimum Gasteiger partial charge on any atom is -0.324 e. The van der Waals surface area contributed by atoms with E-state index in [0.29, 0.717) is 16.8 Å². The Morgan fingerprint density at radius 3 is 2.33 bits per heavy atom. The number of carbonyl (C=O) groups is 1. The third kappa shape index (κ3) is 4.12. The molecule has 0 radical (unpaired) electrons. The Bertz CT molecular complexity index is 1140. The number of benzene rings is 2. The molecule has 3 rings (SSSR count). The van der Waals surface area contributed by atoms with E-state index in [1.807, 2.05) is 6.07 Å². The van der Waals surface area contributed by atoms with Crippen molar-refractivity contribution in [2.24, 2.45) is 0 Å². The molecule has 0 unspecified atom stereocenters. The molecule has 0 atom stereocenters. The van der Waals surface area contributed by atoms with Crippen LogP contribution in [0, 0.1) is 6.92 Å². The summed E-state index contributed by atoms with van der Waals surface area (Å²) in [5, 5.41) is 2.47. The molecule has 156 valence electrons. The number of rotatable bonds is 4. The number of anilines is 1. The summed E-state index contributed by atoms with van der Waals surface area (Å²) < 4.78 is 40.0. The van der Waals surface area contributed by atoms with E-state index in [2.05, 4.69) is 10.3 Å². The van der Waals surface area contributed by atoms with Gasteiger partial charge < -0.3 is 5.32 Å². The highest BCUT2D eigenvalue weighted by Crippen LogP contribution is 2.31. The summed E-state index contributed by atoms with van der Waals surface area (Å²) in [6.45, 7) is 4.70. The van der Waals surface area contributed by atoms with Crippen LogP contribution in [0.5, 0.6) is 0 Å². The number of nitrogens with zero attached hydrogens (tertiary/aromatic N) is 2. The maximum Gasteiger partial charge on any atom is 0.416 e. The van der Waals surface area contributed by atoms with Crippen molar-refractivity contribution in [3.63, 3.8) is 0 Å². The van der Waals surface area contributed by atoms with E-state index in [4.69, 9.17) is 0 Å². The zero-order valence-electron chi connectivity index (χ0n) is 16.6. The average molecular weight is 415 g/mol. The van der Waals surface area contributed by atoms with Crippen LogP contribution in [-0.2, 0) is 16.5 Å². The number of nitrogens with one attached hydrogen (secondary N) is 1. The number of aryl methyl sites for hydroxylation is 1. The first-order valence-corrected chi connectivity index (χ1v) is 9.14. The second-order valence-electron chi connectivity index (χ2n) is 7.34. The lowest BCUT2D eigenvalue weighted by Crippen LogP contribution is -2.46. The molecule has 0 aliphatic rings. The van der Waals surface area contributed by atoms with E-state index in [-0.39, 0.29) is 5.69 Å². The van der Waals surface area contributed by atoms with Crippen molar-refractivity contribution < 1.29 is 18.0 Å². The number of halogens is 3. The van der Waals surface area contributed by atoms with Crippen molar-refractivity contribution in [2.45, 2.75) is 32.5 Å². The van der Waals surface area contributed by atoms with Crippen molar-refractivity contribution in [1.29, 1.82) is 0 Å². The second-order valence-corrected chi connectivity index (χ2v) is 7.34. The Morgan fingerprint density at radius 1 is 1.03 bits per heavy atom. The quantitative estimate of drug-likeness (QED) is 0.677. The first kappa shape index (κ1) is 21.3. The molecule has 30 heavy (non-hydrogen) atoms. The summed E-state index contributed by atoms with van der Waals surface area (Å²) in [6.07, 6.45) is -3.26. The Labute approximate surface area is 171 Å². The van der Waals surface area contributed by atoms with Crippen LogP contribution in [0.25, 0.3) is 11.1 Å². The van der Waals surface area contributed by atoms with E-state index in [0.717, 1.165) is 12.1 Å². The zero-order chi connectivity index (χ0) is 22.1. The Hall–Kier alpha value is -3.42. The molecule has 1 amide bonds. The Kier molecular flexibility index (Phi) is 5.52. The second kappa shape index (κ2) is 7.78. The van der Waals surface area contributed by atoms with E-state index >= 15 is 0 Å². The van der Waals surface area contributed by atoms with Crippen molar-refractivity contribution in [1.82, 2.24) is 9.55 Å². The van der Waals surface area contributed by atoms with Gasteiger partial charge in [-0.3, -0.25) is 14.2 Å². The lowest BCUT2D eigenvalue weighted by Gasteiger charge is -2.27. The molecule has 0 aliphatic carbocycles. The SMILES string of the molecule is Cc1ncn(C(C)(C)C(=O)Nc2cccc(C(F)(F)F)c2)c(=O)c1-c1ccccc1. The van der Waals surface area contributed by atoms with Gasteiger partial charge in [0.15, 0.2) is 0 Å². The summed E-state index contributed by atoms with van der Waals surface area (Å²) in [6, 6.07) is 13.3. The average Bonchev–Trinajstić information content (AvgIpc) is 2.68. The van der Waals surface area contributed by atoms with Crippen LogP contribution in [0.4, 0.5) is 18.9 Å². The van der Waals surface area contributed by atoms with Gasteiger partial charge in [0, 0.05) is 5.69 Å². The van der Waals surface area contributed by atoms with Crippen LogP contribution in [0.1, 0.15) is 25.1 Å². The van der Waals surface area contributed by atoms with Crippen molar-refractivity contribution in [3.05, 3.63) is 82.5 Å². The number of hydrogen-bond acceptors (Lipinski definition) is 3. The fourth-order valence-electron chi connectivity index (χ4n) is 3.04. The van der Waals surface area contributed by atoms with Crippen LogP contribution in [-0.4, -0.2) is 15.5 Å². The molecule has 8 heteroatoms. The standard InChI is InChI=1S/C22H20F3N3O2/c1-14-18(15-8-5-4-6-9-15)19(29)28(13-26-14)21(2,3)20(30)27-17-11-7-10-16(12-17)22(23,24)25/h4-13H,1-3H3,(H,27,30). The van der Waals surface area contributed by atoms with Crippen molar-refractivity contribution >= 4 is 11.6 Å². The molecule has 1 aromatic heterocycles. The van der Waals surface area contributed by atoms with Gasteiger partial charge in [-0.25, -0.2) is 4.98 Å². The first-order valence-electron chi connectivity index (χ1n) is 9.14. The van der Waals surface area contributed by atoms with Gasteiger partial charge in [0.05, 0.1) is 23.1 Å². The molecule has 1 N–H and O–H groups in total. The van der Waals surface area contributed by atoms with E-state index in [1.165, 1.54) is 36.9 Å². The normalized spacial score (nSPS) is 11.9. The first-order chi connectivity index (χ1) is 14.0. The number of hydrogen-bond donors (Lipinski definition) is 1. The van der Waals surface area contributed by atoms with E-state index in [9.17, 15) is 22.8 Å². The molecule has 3 aromatic rings. The molecule has 0 saturated heterocycles. The molecule has 0 aliphatic heterocycles. The maximum absolute atomic E-state index is 13.2. The molecular formula is C22H20F3N3O2. The Balaban J connectivity index is 1.98. The summed E-state index contributed by atoms with van der Waals surface area (Å²) >= 11 is 0. The van der Waals surface area contributed by atoms with Gasteiger partial charge in [-0.2, -0.15) is 13.2 Å². The predicted octanol–water partition coefficient (Wildman–Crippen LogP) is 4.61. The van der Waals surface area contributed by atoms with Gasteiger partial charge in [0.1, 0.15) is 5.54 Å². The summed E-state index contributed by atoms with van der Waals surface area (Å²) in [5.41, 5.74) is -1.18. The number of alkyl halides is 3. The lowest BCUT2D eigenvalue weighted by molar-refractivity contribution is -0.137. The molecule has 5 nitrogen and oxygen atoms in total. The molecule has 0 spiro atoms. The van der Waals surface area contributed by atoms with Gasteiger partial charge in [-0.15, -0.1) is 0 Å². The van der Waals surface area contributed by atoms with E-state index in [1.54, 1.807) is 31.2 Å². The number of aromatic nitrogens is 2. The third-order valence-corrected chi connectivity index (χ3v) is 4.83. The summed E-state index contributed by atoms with van der Waals surface area (Å²) in [5.74, 6) is -0.645. The highest BCUT2D eigenvalue weighted by molar-refractivity contribution is 5.96. The molecule has 0 fully saturated rings. The van der Waals surface area contributed by atoms with Crippen LogP contribution in [0.2, 0.25) is 0 Å². The minimum atomic E-state index is -4.53. The van der Waals surface area contributed by atoms with Crippen molar-refractivity contribution in [3.8, 4) is 11.1 Å². The Morgan fingerprint density at radius 2 is 1.70 bits per heavy atom. The van der Waals surface area contributed by atoms with Gasteiger partial charge >= 0.3 is 6.18 Å². The molecule has 2 aromatic carbocycles. The zero-order valence-corrected chi connectivity index (χ0v) is 16.6. The molecule has 0 bridgehead atoms. The number of carbonyl (C=O) groups excluding carboxylic acids is 1.